The molecule has 1 atom stereocenters. The Bertz CT molecular complexity index is 653. The second-order valence-electron chi connectivity index (χ2n) is 8.43. The summed E-state index contributed by atoms with van der Waals surface area (Å²) >= 11 is 0. The van der Waals surface area contributed by atoms with Gasteiger partial charge in [-0.2, -0.15) is 5.10 Å². The fourth-order valence-electron chi connectivity index (χ4n) is 4.13. The van der Waals surface area contributed by atoms with Crippen molar-refractivity contribution in [2.75, 3.05) is 45.9 Å². The van der Waals surface area contributed by atoms with Crippen LogP contribution in [0.25, 0.3) is 0 Å². The standard InChI is InChI=1S/C20H31N5O3/c26-19(14-25-7-1-6-22-25)21-10-18-13-24(20(27)15-28-18)12-17-4-8-23(9-5-17)11-16-2-3-16/h1,6-7,16-18H,2-5,8-15H2,(H,21,26)/t18-/m1/s1. The second kappa shape index (κ2) is 9.05. The highest BCUT2D eigenvalue weighted by Crippen LogP contribution is 2.31. The molecule has 0 bridgehead atoms. The first kappa shape index (κ1) is 19.4. The van der Waals surface area contributed by atoms with Gasteiger partial charge in [-0.3, -0.25) is 14.3 Å². The zero-order valence-corrected chi connectivity index (χ0v) is 16.5. The van der Waals surface area contributed by atoms with Crippen molar-refractivity contribution in [3.63, 3.8) is 0 Å². The summed E-state index contributed by atoms with van der Waals surface area (Å²) in [6.45, 7) is 5.69. The van der Waals surface area contributed by atoms with Gasteiger partial charge in [0.1, 0.15) is 13.2 Å². The van der Waals surface area contributed by atoms with E-state index in [1.165, 1.54) is 32.2 Å². The number of ether oxygens (including phenoxy) is 1. The Hall–Kier alpha value is -1.93. The van der Waals surface area contributed by atoms with Gasteiger partial charge < -0.3 is 19.9 Å². The third kappa shape index (κ3) is 5.54. The lowest BCUT2D eigenvalue weighted by Gasteiger charge is -2.38. The highest BCUT2D eigenvalue weighted by Gasteiger charge is 2.31. The molecule has 3 heterocycles. The van der Waals surface area contributed by atoms with Crippen LogP contribution in [0.4, 0.5) is 0 Å². The SMILES string of the molecule is O=C(Cn1cccn1)NC[C@@H]1CN(CC2CCN(CC3CC3)CC2)C(=O)CO1. The molecular weight excluding hydrogens is 358 g/mol. The van der Waals surface area contributed by atoms with Crippen molar-refractivity contribution in [3.05, 3.63) is 18.5 Å². The van der Waals surface area contributed by atoms with Gasteiger partial charge in [-0.25, -0.2) is 0 Å². The number of hydrogen-bond acceptors (Lipinski definition) is 5. The van der Waals surface area contributed by atoms with Crippen LogP contribution < -0.4 is 5.32 Å². The molecule has 2 amide bonds. The number of carbonyl (C=O) groups is 2. The number of likely N-dealkylation sites (tertiary alicyclic amines) is 1. The third-order valence-corrected chi connectivity index (χ3v) is 6.01. The lowest BCUT2D eigenvalue weighted by molar-refractivity contribution is -0.150. The number of nitrogens with one attached hydrogen (secondary N) is 1. The molecule has 0 spiro atoms. The van der Waals surface area contributed by atoms with Crippen LogP contribution in [-0.4, -0.2) is 83.4 Å². The summed E-state index contributed by atoms with van der Waals surface area (Å²) in [6, 6.07) is 1.79. The molecule has 8 nitrogen and oxygen atoms in total. The number of morpholine rings is 1. The fraction of sp³-hybridized carbons (Fsp3) is 0.750. The van der Waals surface area contributed by atoms with Gasteiger partial charge in [0.2, 0.25) is 11.8 Å². The molecule has 0 radical (unpaired) electrons. The number of aromatic nitrogens is 2. The third-order valence-electron chi connectivity index (χ3n) is 6.01. The van der Waals surface area contributed by atoms with E-state index in [0.29, 0.717) is 19.0 Å². The Labute approximate surface area is 166 Å². The maximum atomic E-state index is 12.3. The van der Waals surface area contributed by atoms with E-state index in [2.05, 4.69) is 15.3 Å². The average molecular weight is 390 g/mol. The molecule has 3 fully saturated rings. The van der Waals surface area contributed by atoms with E-state index >= 15 is 0 Å². The van der Waals surface area contributed by atoms with E-state index in [1.54, 1.807) is 23.1 Å². The van der Waals surface area contributed by atoms with Gasteiger partial charge in [0.25, 0.3) is 0 Å². The highest BCUT2D eigenvalue weighted by molar-refractivity contribution is 5.78. The minimum Gasteiger partial charge on any atom is -0.365 e. The molecule has 28 heavy (non-hydrogen) atoms. The van der Waals surface area contributed by atoms with Crippen LogP contribution in [0.3, 0.4) is 0 Å². The first-order chi connectivity index (χ1) is 13.7. The quantitative estimate of drug-likeness (QED) is 0.694. The van der Waals surface area contributed by atoms with E-state index in [1.807, 2.05) is 4.90 Å². The summed E-state index contributed by atoms with van der Waals surface area (Å²) in [5.74, 6) is 1.49. The molecule has 1 aliphatic carbocycles. The molecule has 0 unspecified atom stereocenters. The van der Waals surface area contributed by atoms with Crippen LogP contribution in [0.1, 0.15) is 25.7 Å². The maximum Gasteiger partial charge on any atom is 0.248 e. The van der Waals surface area contributed by atoms with E-state index in [4.69, 9.17) is 4.74 Å². The maximum absolute atomic E-state index is 12.3. The summed E-state index contributed by atoms with van der Waals surface area (Å²) in [7, 11) is 0. The molecule has 0 aromatic carbocycles. The first-order valence-corrected chi connectivity index (χ1v) is 10.5. The molecule has 1 saturated carbocycles. The van der Waals surface area contributed by atoms with Crippen molar-refractivity contribution in [1.82, 2.24) is 24.9 Å². The smallest absolute Gasteiger partial charge is 0.248 e. The van der Waals surface area contributed by atoms with E-state index < -0.39 is 0 Å². The van der Waals surface area contributed by atoms with Crippen molar-refractivity contribution in [1.29, 1.82) is 0 Å². The lowest BCUT2D eigenvalue weighted by atomic mass is 9.95. The molecule has 3 aliphatic rings. The molecular formula is C20H31N5O3. The molecule has 2 saturated heterocycles. The molecule has 1 aromatic rings. The fourth-order valence-corrected chi connectivity index (χ4v) is 4.13. The van der Waals surface area contributed by atoms with Crippen molar-refractivity contribution >= 4 is 11.8 Å². The normalized spacial score (nSPS) is 24.5. The Morgan fingerprint density at radius 2 is 1.96 bits per heavy atom. The summed E-state index contributed by atoms with van der Waals surface area (Å²) < 4.78 is 7.21. The largest absolute Gasteiger partial charge is 0.365 e. The molecule has 154 valence electrons. The van der Waals surface area contributed by atoms with E-state index in [9.17, 15) is 9.59 Å². The Balaban J connectivity index is 1.18. The molecule has 8 heteroatoms. The summed E-state index contributed by atoms with van der Waals surface area (Å²) in [5, 5.41) is 6.92. The van der Waals surface area contributed by atoms with E-state index in [-0.39, 0.29) is 31.1 Å². The Morgan fingerprint density at radius 1 is 1.18 bits per heavy atom. The van der Waals surface area contributed by atoms with Gasteiger partial charge in [0.15, 0.2) is 0 Å². The van der Waals surface area contributed by atoms with Crippen molar-refractivity contribution in [2.24, 2.45) is 11.8 Å². The van der Waals surface area contributed by atoms with Crippen LogP contribution in [0.5, 0.6) is 0 Å². The zero-order valence-electron chi connectivity index (χ0n) is 16.5. The predicted octanol–water partition coefficient (Wildman–Crippen LogP) is 0.349. The van der Waals surface area contributed by atoms with Gasteiger partial charge in [-0.1, -0.05) is 0 Å². The summed E-state index contributed by atoms with van der Waals surface area (Å²) in [5.41, 5.74) is 0. The van der Waals surface area contributed by atoms with Gasteiger partial charge in [-0.05, 0) is 56.7 Å². The van der Waals surface area contributed by atoms with Crippen molar-refractivity contribution < 1.29 is 14.3 Å². The van der Waals surface area contributed by atoms with Crippen molar-refractivity contribution in [3.8, 4) is 0 Å². The molecule has 2 aliphatic heterocycles. The molecule has 1 N–H and O–H groups in total. The van der Waals surface area contributed by atoms with E-state index in [0.717, 1.165) is 25.6 Å². The van der Waals surface area contributed by atoms with Gasteiger partial charge in [0, 0.05) is 38.6 Å². The summed E-state index contributed by atoms with van der Waals surface area (Å²) in [4.78, 5) is 28.8. The van der Waals surface area contributed by atoms with Gasteiger partial charge in [0.05, 0.1) is 6.10 Å². The Kier molecular flexibility index (Phi) is 6.26. The topological polar surface area (TPSA) is 79.7 Å². The van der Waals surface area contributed by atoms with Gasteiger partial charge >= 0.3 is 0 Å². The number of hydrogen-bond donors (Lipinski definition) is 1. The van der Waals surface area contributed by atoms with Crippen LogP contribution in [0.15, 0.2) is 18.5 Å². The minimum absolute atomic E-state index is 0.0690. The number of amides is 2. The zero-order chi connectivity index (χ0) is 19.3. The second-order valence-corrected chi connectivity index (χ2v) is 8.43. The first-order valence-electron chi connectivity index (χ1n) is 10.5. The lowest BCUT2D eigenvalue weighted by Crippen LogP contribution is -2.52. The molecule has 4 rings (SSSR count). The minimum atomic E-state index is -0.144. The van der Waals surface area contributed by atoms with Crippen LogP contribution in [0, 0.1) is 11.8 Å². The van der Waals surface area contributed by atoms with Gasteiger partial charge in [-0.15, -0.1) is 0 Å². The van der Waals surface area contributed by atoms with Crippen molar-refractivity contribution in [2.45, 2.75) is 38.3 Å². The predicted molar refractivity (Wildman–Crippen MR) is 103 cm³/mol. The number of nitrogens with zero attached hydrogens (tertiary/aromatic N) is 4. The number of carbonyl (C=O) groups excluding carboxylic acids is 2. The number of rotatable bonds is 8. The van der Waals surface area contributed by atoms with Crippen LogP contribution in [0.2, 0.25) is 0 Å². The number of piperidine rings is 1. The molecule has 1 aromatic heterocycles. The monoisotopic (exact) mass is 389 g/mol. The summed E-state index contributed by atoms with van der Waals surface area (Å²) in [6.07, 6.45) is 8.41. The highest BCUT2D eigenvalue weighted by atomic mass is 16.5. The average Bonchev–Trinajstić information content (AvgIpc) is 3.36. The van der Waals surface area contributed by atoms with Crippen LogP contribution >= 0.6 is 0 Å². The van der Waals surface area contributed by atoms with Crippen LogP contribution in [-0.2, 0) is 20.9 Å². The Morgan fingerprint density at radius 3 is 2.68 bits per heavy atom.